The highest BCUT2D eigenvalue weighted by molar-refractivity contribution is 6.30. The first-order chi connectivity index (χ1) is 12.7. The van der Waals surface area contributed by atoms with E-state index in [0.29, 0.717) is 12.6 Å². The Morgan fingerprint density at radius 1 is 1.35 bits per heavy atom. The van der Waals surface area contributed by atoms with Gasteiger partial charge in [-0.1, -0.05) is 36.6 Å². The summed E-state index contributed by atoms with van der Waals surface area (Å²) in [5.74, 6) is 0.840. The summed E-state index contributed by atoms with van der Waals surface area (Å²) in [6.07, 6.45) is 6.64. The van der Waals surface area contributed by atoms with Crippen LogP contribution in [-0.4, -0.2) is 56.7 Å². The van der Waals surface area contributed by atoms with Crippen molar-refractivity contribution in [1.82, 2.24) is 15.5 Å². The number of aliphatic imine (C=N–C) groups is 1. The van der Waals surface area contributed by atoms with E-state index < -0.39 is 0 Å². The third-order valence-corrected chi connectivity index (χ3v) is 5.82. The Morgan fingerprint density at radius 3 is 2.85 bits per heavy atom. The van der Waals surface area contributed by atoms with Crippen LogP contribution in [0.25, 0.3) is 0 Å². The van der Waals surface area contributed by atoms with Gasteiger partial charge in [-0.15, -0.1) is 0 Å². The molecule has 1 saturated carbocycles. The minimum absolute atomic E-state index is 0.0641. The lowest BCUT2D eigenvalue weighted by Gasteiger charge is -2.24. The van der Waals surface area contributed by atoms with Gasteiger partial charge in [-0.05, 0) is 37.0 Å². The Labute approximate surface area is 162 Å². The number of methoxy groups -OCH3 is 1. The fourth-order valence-corrected chi connectivity index (χ4v) is 4.33. The van der Waals surface area contributed by atoms with E-state index in [9.17, 15) is 0 Å². The summed E-state index contributed by atoms with van der Waals surface area (Å²) in [4.78, 5) is 7.04. The second kappa shape index (κ2) is 9.58. The normalized spacial score (nSPS) is 23.3. The van der Waals surface area contributed by atoms with Gasteiger partial charge in [0.2, 0.25) is 0 Å². The zero-order chi connectivity index (χ0) is 18.4. The Balaban J connectivity index is 1.48. The van der Waals surface area contributed by atoms with E-state index in [4.69, 9.17) is 16.3 Å². The van der Waals surface area contributed by atoms with Crippen molar-refractivity contribution in [2.75, 3.05) is 33.8 Å². The predicted octanol–water partition coefficient (Wildman–Crippen LogP) is 3.21. The molecule has 2 N–H and O–H groups in total. The van der Waals surface area contributed by atoms with Gasteiger partial charge in [-0.3, -0.25) is 9.89 Å². The van der Waals surface area contributed by atoms with E-state index >= 15 is 0 Å². The van der Waals surface area contributed by atoms with Gasteiger partial charge in [0.25, 0.3) is 0 Å². The molecular formula is C20H31ClN4O. The Kier molecular flexibility index (Phi) is 7.17. The van der Waals surface area contributed by atoms with Crippen molar-refractivity contribution >= 4 is 17.6 Å². The van der Waals surface area contributed by atoms with E-state index in [2.05, 4.69) is 20.5 Å². The van der Waals surface area contributed by atoms with Crippen LogP contribution in [0, 0.1) is 0 Å². The van der Waals surface area contributed by atoms with Gasteiger partial charge in [-0.25, -0.2) is 0 Å². The number of hydrogen-bond acceptors (Lipinski definition) is 3. The van der Waals surface area contributed by atoms with Crippen LogP contribution in [0.5, 0.6) is 0 Å². The number of hydrogen-bond donors (Lipinski definition) is 2. The van der Waals surface area contributed by atoms with Crippen LogP contribution in [-0.2, 0) is 4.74 Å². The fraction of sp³-hybridized carbons (Fsp3) is 0.650. The second-order valence-electron chi connectivity index (χ2n) is 7.30. The van der Waals surface area contributed by atoms with Gasteiger partial charge in [0, 0.05) is 50.9 Å². The molecule has 0 amide bonds. The summed E-state index contributed by atoms with van der Waals surface area (Å²) in [5, 5.41) is 7.71. The summed E-state index contributed by atoms with van der Waals surface area (Å²) in [6, 6.07) is 9.08. The van der Waals surface area contributed by atoms with Gasteiger partial charge in [0.05, 0.1) is 6.10 Å². The van der Waals surface area contributed by atoms with Crippen molar-refractivity contribution in [3.05, 3.63) is 34.9 Å². The minimum atomic E-state index is -0.0641. The first kappa shape index (κ1) is 19.5. The highest BCUT2D eigenvalue weighted by atomic mass is 35.5. The van der Waals surface area contributed by atoms with Gasteiger partial charge in [-0.2, -0.15) is 0 Å². The summed E-state index contributed by atoms with van der Waals surface area (Å²) in [5.41, 5.74) is 1.07. The second-order valence-corrected chi connectivity index (χ2v) is 7.73. The molecule has 2 atom stereocenters. The first-order valence-corrected chi connectivity index (χ1v) is 10.1. The predicted molar refractivity (Wildman–Crippen MR) is 108 cm³/mol. The van der Waals surface area contributed by atoms with Gasteiger partial charge < -0.3 is 15.4 Å². The molecule has 5 nitrogen and oxygen atoms in total. The Morgan fingerprint density at radius 2 is 2.15 bits per heavy atom. The Bertz CT molecular complexity index is 603. The van der Waals surface area contributed by atoms with Crippen LogP contribution in [0.15, 0.2) is 29.3 Å². The van der Waals surface area contributed by atoms with Crippen molar-refractivity contribution in [2.45, 2.75) is 50.3 Å². The summed E-state index contributed by atoms with van der Waals surface area (Å²) in [7, 11) is 3.54. The van der Waals surface area contributed by atoms with Gasteiger partial charge in [0.1, 0.15) is 0 Å². The maximum atomic E-state index is 6.10. The van der Waals surface area contributed by atoms with Crippen LogP contribution in [0.1, 0.15) is 43.8 Å². The van der Waals surface area contributed by atoms with Gasteiger partial charge in [0.15, 0.2) is 5.96 Å². The highest BCUT2D eigenvalue weighted by Crippen LogP contribution is 2.26. The third-order valence-electron chi connectivity index (χ3n) is 5.59. The standard InChI is InChI=1S/C20H31ClN4O/c1-22-20(23-13-19(26-2)15-6-5-7-16(21)12-15)24-17-10-11-25(14-17)18-8-3-4-9-18/h5-7,12,17-19H,3-4,8-11,13-14H2,1-2H3,(H2,22,23,24). The average molecular weight is 379 g/mol. The largest absolute Gasteiger partial charge is 0.375 e. The first-order valence-electron chi connectivity index (χ1n) is 9.69. The van der Waals surface area contributed by atoms with Crippen LogP contribution in [0.3, 0.4) is 0 Å². The molecule has 1 saturated heterocycles. The molecule has 0 radical (unpaired) electrons. The van der Waals surface area contributed by atoms with Crippen LogP contribution < -0.4 is 10.6 Å². The van der Waals surface area contributed by atoms with E-state index in [1.807, 2.05) is 31.3 Å². The minimum Gasteiger partial charge on any atom is -0.375 e. The zero-order valence-electron chi connectivity index (χ0n) is 15.9. The topological polar surface area (TPSA) is 48.9 Å². The van der Waals surface area contributed by atoms with Crippen molar-refractivity contribution in [1.29, 1.82) is 0 Å². The summed E-state index contributed by atoms with van der Waals surface area (Å²) < 4.78 is 5.63. The Hall–Kier alpha value is -1.30. The molecule has 1 aromatic carbocycles. The molecule has 6 heteroatoms. The van der Waals surface area contributed by atoms with Crippen LogP contribution in [0.4, 0.5) is 0 Å². The molecule has 2 unspecified atom stereocenters. The third kappa shape index (κ3) is 5.12. The molecule has 2 aliphatic rings. The quantitative estimate of drug-likeness (QED) is 0.589. The van der Waals surface area contributed by atoms with Gasteiger partial charge >= 0.3 is 0 Å². The monoisotopic (exact) mass is 378 g/mol. The molecular weight excluding hydrogens is 348 g/mol. The number of nitrogens with zero attached hydrogens (tertiary/aromatic N) is 2. The van der Waals surface area contributed by atoms with E-state index in [-0.39, 0.29) is 6.10 Å². The average Bonchev–Trinajstić information content (AvgIpc) is 3.33. The maximum absolute atomic E-state index is 6.10. The van der Waals surface area contributed by atoms with Crippen LogP contribution in [0.2, 0.25) is 5.02 Å². The van der Waals surface area contributed by atoms with Crippen molar-refractivity contribution in [2.24, 2.45) is 4.99 Å². The lowest BCUT2D eigenvalue weighted by molar-refractivity contribution is 0.106. The number of benzene rings is 1. The SMILES string of the molecule is CN=C(NCC(OC)c1cccc(Cl)c1)NC1CCN(C2CCCC2)C1. The molecule has 144 valence electrons. The van der Waals surface area contributed by atoms with E-state index in [0.717, 1.165) is 29.1 Å². The molecule has 1 aliphatic heterocycles. The lowest BCUT2D eigenvalue weighted by Crippen LogP contribution is -2.46. The number of ether oxygens (including phenoxy) is 1. The number of guanidine groups is 1. The molecule has 3 rings (SSSR count). The summed E-state index contributed by atoms with van der Waals surface area (Å²) >= 11 is 6.10. The zero-order valence-corrected chi connectivity index (χ0v) is 16.6. The number of nitrogens with one attached hydrogen (secondary N) is 2. The molecule has 0 bridgehead atoms. The smallest absolute Gasteiger partial charge is 0.191 e. The van der Waals surface area contributed by atoms with E-state index in [1.54, 1.807) is 7.11 Å². The molecule has 26 heavy (non-hydrogen) atoms. The van der Waals surface area contributed by atoms with E-state index in [1.165, 1.54) is 38.6 Å². The van der Waals surface area contributed by atoms with Crippen molar-refractivity contribution < 1.29 is 4.74 Å². The fourth-order valence-electron chi connectivity index (χ4n) is 4.13. The number of rotatable bonds is 6. The molecule has 0 aromatic heterocycles. The number of likely N-dealkylation sites (tertiary alicyclic amines) is 1. The highest BCUT2D eigenvalue weighted by Gasteiger charge is 2.30. The van der Waals surface area contributed by atoms with Crippen molar-refractivity contribution in [3.63, 3.8) is 0 Å². The van der Waals surface area contributed by atoms with Crippen LogP contribution >= 0.6 is 11.6 Å². The molecule has 1 heterocycles. The molecule has 1 aliphatic carbocycles. The molecule has 2 fully saturated rings. The van der Waals surface area contributed by atoms with Crippen molar-refractivity contribution in [3.8, 4) is 0 Å². The molecule has 1 aromatic rings. The maximum Gasteiger partial charge on any atom is 0.191 e. The summed E-state index contributed by atoms with van der Waals surface area (Å²) in [6.45, 7) is 2.96. The molecule has 0 spiro atoms. The number of halogens is 1. The lowest BCUT2D eigenvalue weighted by atomic mass is 10.1.